The topological polar surface area (TPSA) is 17.1 Å². The van der Waals surface area contributed by atoms with Crippen molar-refractivity contribution >= 4 is 16.9 Å². The first-order chi connectivity index (χ1) is 9.49. The van der Waals surface area contributed by atoms with Crippen LogP contribution in [0.2, 0.25) is 0 Å². The van der Waals surface area contributed by atoms with E-state index in [-0.39, 0.29) is 5.78 Å². The quantitative estimate of drug-likeness (QED) is 0.710. The van der Waals surface area contributed by atoms with Gasteiger partial charge in [0, 0.05) is 11.1 Å². The van der Waals surface area contributed by atoms with E-state index in [1.807, 2.05) is 62.4 Å². The van der Waals surface area contributed by atoms with Crippen LogP contribution in [0.25, 0.3) is 11.1 Å². The first kappa shape index (κ1) is 14.0. The lowest BCUT2D eigenvalue weighted by Crippen LogP contribution is -2.01. The van der Waals surface area contributed by atoms with E-state index in [0.29, 0.717) is 11.1 Å². The Bertz CT molecular complexity index is 598. The van der Waals surface area contributed by atoms with Crippen LogP contribution >= 0.6 is 0 Å². The summed E-state index contributed by atoms with van der Waals surface area (Å²) >= 11 is 0. The molecule has 0 N–H and O–H groups in total. The molecule has 1 heteroatoms. The van der Waals surface area contributed by atoms with Gasteiger partial charge in [0.25, 0.3) is 0 Å². The number of carbonyl (C=O) groups is 1. The van der Waals surface area contributed by atoms with E-state index in [1.165, 1.54) is 0 Å². The smallest absolute Gasteiger partial charge is 0.193 e. The summed E-state index contributed by atoms with van der Waals surface area (Å²) in [7, 11) is 0. The van der Waals surface area contributed by atoms with Crippen LogP contribution in [0.5, 0.6) is 0 Å². The standard InChI is InChI=1S/C19H18O/c1-13(2)15-5-9-17(10-6-15)19(20)18-11-7-16(8-12-18)14(3)4/h5-12H,1,3H2,2,4H3. The number of allylic oxidation sites excluding steroid dienone is 2. The van der Waals surface area contributed by atoms with E-state index >= 15 is 0 Å². The van der Waals surface area contributed by atoms with Gasteiger partial charge in [-0.2, -0.15) is 0 Å². The summed E-state index contributed by atoms with van der Waals surface area (Å²) in [4.78, 5) is 12.4. The highest BCUT2D eigenvalue weighted by atomic mass is 16.1. The monoisotopic (exact) mass is 262 g/mol. The van der Waals surface area contributed by atoms with E-state index in [2.05, 4.69) is 13.2 Å². The molecule has 0 bridgehead atoms. The second-order valence-electron chi connectivity index (χ2n) is 5.04. The second-order valence-corrected chi connectivity index (χ2v) is 5.04. The van der Waals surface area contributed by atoms with Gasteiger partial charge in [-0.15, -0.1) is 0 Å². The average Bonchev–Trinajstić information content (AvgIpc) is 2.46. The van der Waals surface area contributed by atoms with Crippen LogP contribution < -0.4 is 0 Å². The maximum Gasteiger partial charge on any atom is 0.193 e. The van der Waals surface area contributed by atoms with Gasteiger partial charge < -0.3 is 0 Å². The maximum atomic E-state index is 12.4. The largest absolute Gasteiger partial charge is 0.289 e. The molecule has 0 aromatic heterocycles. The molecule has 0 radical (unpaired) electrons. The van der Waals surface area contributed by atoms with Crippen LogP contribution in [0.15, 0.2) is 61.7 Å². The molecule has 0 fully saturated rings. The molecule has 0 unspecified atom stereocenters. The highest BCUT2D eigenvalue weighted by Gasteiger charge is 2.09. The van der Waals surface area contributed by atoms with Crippen molar-refractivity contribution in [3.63, 3.8) is 0 Å². The molecular formula is C19H18O. The van der Waals surface area contributed by atoms with Crippen LogP contribution in [0, 0.1) is 0 Å². The van der Waals surface area contributed by atoms with E-state index in [0.717, 1.165) is 22.3 Å². The summed E-state index contributed by atoms with van der Waals surface area (Å²) in [6, 6.07) is 15.1. The summed E-state index contributed by atoms with van der Waals surface area (Å²) in [6.07, 6.45) is 0. The zero-order valence-corrected chi connectivity index (χ0v) is 11.9. The highest BCUT2D eigenvalue weighted by molar-refractivity contribution is 6.09. The number of rotatable bonds is 4. The van der Waals surface area contributed by atoms with Gasteiger partial charge in [-0.1, -0.05) is 72.8 Å². The molecule has 2 rings (SSSR count). The Balaban J connectivity index is 2.26. The molecule has 0 heterocycles. The van der Waals surface area contributed by atoms with Gasteiger partial charge in [0.2, 0.25) is 0 Å². The first-order valence-corrected chi connectivity index (χ1v) is 6.55. The Hall–Kier alpha value is -2.41. The molecule has 0 aliphatic carbocycles. The fourth-order valence-electron chi connectivity index (χ4n) is 1.98. The summed E-state index contributed by atoms with van der Waals surface area (Å²) < 4.78 is 0. The molecule has 0 aliphatic rings. The van der Waals surface area contributed by atoms with E-state index in [4.69, 9.17) is 0 Å². The summed E-state index contributed by atoms with van der Waals surface area (Å²) in [6.45, 7) is 11.7. The molecule has 2 aromatic rings. The molecule has 0 saturated heterocycles. The molecule has 100 valence electrons. The lowest BCUT2D eigenvalue weighted by atomic mass is 9.98. The number of carbonyl (C=O) groups excluding carboxylic acids is 1. The molecule has 0 atom stereocenters. The molecular weight excluding hydrogens is 244 g/mol. The zero-order chi connectivity index (χ0) is 14.7. The molecule has 0 amide bonds. The minimum Gasteiger partial charge on any atom is -0.289 e. The van der Waals surface area contributed by atoms with Gasteiger partial charge in [-0.3, -0.25) is 4.79 Å². The fraction of sp³-hybridized carbons (Fsp3) is 0.105. The van der Waals surface area contributed by atoms with Gasteiger partial charge in [-0.05, 0) is 25.0 Å². The third-order valence-corrected chi connectivity index (χ3v) is 3.28. The molecule has 2 aromatic carbocycles. The first-order valence-electron chi connectivity index (χ1n) is 6.55. The third-order valence-electron chi connectivity index (χ3n) is 3.28. The number of ketones is 1. The van der Waals surface area contributed by atoms with Crippen molar-refractivity contribution < 1.29 is 4.79 Å². The van der Waals surface area contributed by atoms with E-state index in [1.54, 1.807) is 0 Å². The second kappa shape index (κ2) is 5.70. The van der Waals surface area contributed by atoms with Crippen molar-refractivity contribution in [2.45, 2.75) is 13.8 Å². The van der Waals surface area contributed by atoms with Crippen molar-refractivity contribution in [2.75, 3.05) is 0 Å². The van der Waals surface area contributed by atoms with Crippen LogP contribution in [0.1, 0.15) is 40.9 Å². The van der Waals surface area contributed by atoms with E-state index < -0.39 is 0 Å². The van der Waals surface area contributed by atoms with Gasteiger partial charge >= 0.3 is 0 Å². The van der Waals surface area contributed by atoms with Gasteiger partial charge in [-0.25, -0.2) is 0 Å². The lowest BCUT2D eigenvalue weighted by Gasteiger charge is -2.05. The van der Waals surface area contributed by atoms with Gasteiger partial charge in [0.15, 0.2) is 5.78 Å². The minimum atomic E-state index is 0.0338. The van der Waals surface area contributed by atoms with Crippen molar-refractivity contribution in [1.82, 2.24) is 0 Å². The Kier molecular flexibility index (Phi) is 3.99. The fourth-order valence-corrected chi connectivity index (χ4v) is 1.98. The van der Waals surface area contributed by atoms with Crippen molar-refractivity contribution in [2.24, 2.45) is 0 Å². The van der Waals surface area contributed by atoms with Crippen molar-refractivity contribution in [3.8, 4) is 0 Å². The van der Waals surface area contributed by atoms with Crippen LogP contribution in [0.4, 0.5) is 0 Å². The molecule has 0 spiro atoms. The van der Waals surface area contributed by atoms with Crippen molar-refractivity contribution in [3.05, 3.63) is 83.9 Å². The molecule has 0 saturated carbocycles. The Labute approximate surface area is 120 Å². The predicted octanol–water partition coefficient (Wildman–Crippen LogP) is 4.98. The predicted molar refractivity (Wildman–Crippen MR) is 85.7 cm³/mol. The number of hydrogen-bond donors (Lipinski definition) is 0. The van der Waals surface area contributed by atoms with Crippen LogP contribution in [0.3, 0.4) is 0 Å². The third kappa shape index (κ3) is 2.94. The molecule has 1 nitrogen and oxygen atoms in total. The maximum absolute atomic E-state index is 12.4. The Morgan fingerprint density at radius 2 is 0.900 bits per heavy atom. The average molecular weight is 262 g/mol. The SMILES string of the molecule is C=C(C)c1ccc(C(=O)c2ccc(C(=C)C)cc2)cc1. The number of hydrogen-bond acceptors (Lipinski definition) is 1. The summed E-state index contributed by atoms with van der Waals surface area (Å²) in [5.41, 5.74) is 5.49. The zero-order valence-electron chi connectivity index (χ0n) is 11.9. The minimum absolute atomic E-state index is 0.0338. The summed E-state index contributed by atoms with van der Waals surface area (Å²) in [5.74, 6) is 0.0338. The molecule has 20 heavy (non-hydrogen) atoms. The van der Waals surface area contributed by atoms with Crippen LogP contribution in [-0.2, 0) is 0 Å². The van der Waals surface area contributed by atoms with Gasteiger partial charge in [0.1, 0.15) is 0 Å². The lowest BCUT2D eigenvalue weighted by molar-refractivity contribution is 0.103. The van der Waals surface area contributed by atoms with E-state index in [9.17, 15) is 4.79 Å². The Morgan fingerprint density at radius 1 is 0.650 bits per heavy atom. The Morgan fingerprint density at radius 3 is 1.15 bits per heavy atom. The van der Waals surface area contributed by atoms with Gasteiger partial charge in [0.05, 0.1) is 0 Å². The molecule has 0 aliphatic heterocycles. The summed E-state index contributed by atoms with van der Waals surface area (Å²) in [5, 5.41) is 0. The van der Waals surface area contributed by atoms with Crippen LogP contribution in [-0.4, -0.2) is 5.78 Å². The normalized spacial score (nSPS) is 10.1. The van der Waals surface area contributed by atoms with Crippen molar-refractivity contribution in [1.29, 1.82) is 0 Å². The highest BCUT2D eigenvalue weighted by Crippen LogP contribution is 2.17. The number of benzene rings is 2.